The summed E-state index contributed by atoms with van der Waals surface area (Å²) in [5.41, 5.74) is 5.00. The number of carbonyl (C=O) groups is 2. The summed E-state index contributed by atoms with van der Waals surface area (Å²) >= 11 is 0. The average Bonchev–Trinajstić information content (AvgIpc) is 2.86. The van der Waals surface area contributed by atoms with Gasteiger partial charge >= 0.3 is 0 Å². The van der Waals surface area contributed by atoms with Crippen molar-refractivity contribution in [1.82, 2.24) is 4.98 Å². The maximum absolute atomic E-state index is 12.8. The van der Waals surface area contributed by atoms with Crippen LogP contribution in [-0.4, -0.2) is 16.7 Å². The van der Waals surface area contributed by atoms with Gasteiger partial charge in [-0.3, -0.25) is 14.6 Å². The van der Waals surface area contributed by atoms with E-state index in [1.165, 1.54) is 11.1 Å². The van der Waals surface area contributed by atoms with Crippen LogP contribution in [0.1, 0.15) is 72.6 Å². The van der Waals surface area contributed by atoms with E-state index in [9.17, 15) is 9.59 Å². The first kappa shape index (κ1) is 18.9. The molecule has 2 aromatic rings. The summed E-state index contributed by atoms with van der Waals surface area (Å²) in [6.07, 6.45) is 8.29. The fraction of sp³-hybridized carbons (Fsp3) is 0.458. The van der Waals surface area contributed by atoms with E-state index < -0.39 is 0 Å². The van der Waals surface area contributed by atoms with Gasteiger partial charge in [-0.15, -0.1) is 0 Å². The van der Waals surface area contributed by atoms with Gasteiger partial charge in [0.15, 0.2) is 0 Å². The number of pyridine rings is 1. The molecule has 1 aromatic heterocycles. The molecule has 2 atom stereocenters. The van der Waals surface area contributed by atoms with Crippen LogP contribution in [-0.2, 0) is 16.6 Å². The lowest BCUT2D eigenvalue weighted by Crippen LogP contribution is -2.40. The van der Waals surface area contributed by atoms with Crippen LogP contribution in [0.5, 0.6) is 0 Å². The lowest BCUT2D eigenvalue weighted by molar-refractivity contribution is -0.123. The minimum Gasteiger partial charge on any atom is -0.320 e. The van der Waals surface area contributed by atoms with Gasteiger partial charge in [0.05, 0.1) is 11.4 Å². The van der Waals surface area contributed by atoms with Gasteiger partial charge in [-0.25, -0.2) is 0 Å². The molecular weight excluding hydrogens is 348 g/mol. The number of fused-ring (bicyclic) bond motifs is 3. The van der Waals surface area contributed by atoms with Gasteiger partial charge in [-0.05, 0) is 85.8 Å². The highest BCUT2D eigenvalue weighted by Crippen LogP contribution is 2.50. The van der Waals surface area contributed by atoms with Crippen LogP contribution in [0.2, 0.25) is 0 Å². The second kappa shape index (κ2) is 7.50. The van der Waals surface area contributed by atoms with Crippen LogP contribution >= 0.6 is 0 Å². The molecule has 1 N–H and O–H groups in total. The molecule has 2 aliphatic carbocycles. The summed E-state index contributed by atoms with van der Waals surface area (Å²) in [6.45, 7) is 4.14. The van der Waals surface area contributed by atoms with Crippen LogP contribution in [0.25, 0.3) is 0 Å². The summed E-state index contributed by atoms with van der Waals surface area (Å²) in [7, 11) is 0. The van der Waals surface area contributed by atoms with Gasteiger partial charge < -0.3 is 5.32 Å². The molecule has 0 radical (unpaired) electrons. The molecule has 1 aromatic carbocycles. The monoisotopic (exact) mass is 376 g/mol. The molecule has 1 heterocycles. The number of hydrogen-bond donors (Lipinski definition) is 1. The van der Waals surface area contributed by atoms with E-state index in [1.807, 2.05) is 25.1 Å². The van der Waals surface area contributed by atoms with Crippen molar-refractivity contribution in [3.63, 3.8) is 0 Å². The van der Waals surface area contributed by atoms with Crippen LogP contribution < -0.4 is 5.32 Å². The van der Waals surface area contributed by atoms with Crippen molar-refractivity contribution < 1.29 is 9.59 Å². The van der Waals surface area contributed by atoms with Crippen LogP contribution in [0, 0.1) is 12.8 Å². The summed E-state index contributed by atoms with van der Waals surface area (Å²) in [5, 5.41) is 2.99. The highest BCUT2D eigenvalue weighted by Gasteiger charge is 2.45. The van der Waals surface area contributed by atoms with E-state index in [4.69, 9.17) is 0 Å². The number of benzene rings is 1. The number of anilines is 1. The first-order chi connectivity index (χ1) is 13.5. The van der Waals surface area contributed by atoms with Crippen molar-refractivity contribution in [3.8, 4) is 0 Å². The summed E-state index contributed by atoms with van der Waals surface area (Å²) in [4.78, 5) is 29.2. The van der Waals surface area contributed by atoms with E-state index in [-0.39, 0.29) is 11.3 Å². The Labute approximate surface area is 166 Å². The highest BCUT2D eigenvalue weighted by atomic mass is 16.1. The number of nitrogens with zero attached hydrogens (tertiary/aromatic N) is 1. The fourth-order valence-electron chi connectivity index (χ4n) is 5.30. The van der Waals surface area contributed by atoms with Crippen molar-refractivity contribution in [2.45, 2.75) is 64.2 Å². The molecule has 0 saturated heterocycles. The number of hydrogen-bond acceptors (Lipinski definition) is 3. The van der Waals surface area contributed by atoms with E-state index in [0.29, 0.717) is 23.7 Å². The molecule has 0 bridgehead atoms. The zero-order valence-corrected chi connectivity index (χ0v) is 16.8. The van der Waals surface area contributed by atoms with Crippen molar-refractivity contribution in [2.24, 2.45) is 5.92 Å². The topological polar surface area (TPSA) is 59.1 Å². The van der Waals surface area contributed by atoms with E-state index in [1.54, 1.807) is 6.20 Å². The van der Waals surface area contributed by atoms with Gasteiger partial charge in [0.25, 0.3) is 5.91 Å². The molecule has 2 aliphatic rings. The highest BCUT2D eigenvalue weighted by molar-refractivity contribution is 6.04. The molecule has 4 nitrogen and oxygen atoms in total. The molecule has 1 fully saturated rings. The minimum atomic E-state index is -0.0935. The molecule has 1 amide bonds. The van der Waals surface area contributed by atoms with Gasteiger partial charge in [0.2, 0.25) is 0 Å². The predicted octanol–water partition coefficient (Wildman–Crippen LogP) is 5.00. The Balaban J connectivity index is 1.66. The molecule has 146 valence electrons. The zero-order valence-electron chi connectivity index (χ0n) is 16.8. The van der Waals surface area contributed by atoms with Crippen molar-refractivity contribution >= 4 is 17.4 Å². The van der Waals surface area contributed by atoms with E-state index >= 15 is 0 Å². The Hall–Kier alpha value is -2.49. The maximum atomic E-state index is 12.8. The molecule has 2 unspecified atom stereocenters. The number of amides is 1. The van der Waals surface area contributed by atoms with Crippen LogP contribution in [0.15, 0.2) is 36.5 Å². The number of carbonyl (C=O) groups excluding carboxylic acids is 2. The normalized spacial score (nSPS) is 24.1. The molecular formula is C24H28N2O2. The maximum Gasteiger partial charge on any atom is 0.255 e. The molecule has 4 heteroatoms. The Bertz CT molecular complexity index is 921. The minimum absolute atomic E-state index is 0.0920. The van der Waals surface area contributed by atoms with Crippen molar-refractivity contribution in [3.05, 3.63) is 58.9 Å². The lowest BCUT2D eigenvalue weighted by Gasteiger charge is -2.43. The van der Waals surface area contributed by atoms with Gasteiger partial charge in [0, 0.05) is 24.6 Å². The number of Topliss-reactive ketones (excluding diaryl/α,β-unsaturated/α-hetero) is 1. The van der Waals surface area contributed by atoms with Gasteiger partial charge in [-0.1, -0.05) is 13.0 Å². The summed E-state index contributed by atoms with van der Waals surface area (Å²) in [6, 6.07) is 9.90. The number of aryl methyl sites for hydroxylation is 2. The molecule has 0 aliphatic heterocycles. The number of rotatable bonds is 3. The van der Waals surface area contributed by atoms with Crippen LogP contribution in [0.4, 0.5) is 5.69 Å². The number of nitrogens with one attached hydrogen (secondary N) is 1. The Morgan fingerprint density at radius 2 is 2.14 bits per heavy atom. The second-order valence-electron chi connectivity index (χ2n) is 8.30. The van der Waals surface area contributed by atoms with Crippen molar-refractivity contribution in [1.29, 1.82) is 0 Å². The molecule has 0 spiro atoms. The Morgan fingerprint density at radius 1 is 1.29 bits per heavy atom. The first-order valence-corrected chi connectivity index (χ1v) is 10.4. The van der Waals surface area contributed by atoms with E-state index in [2.05, 4.69) is 29.4 Å². The second-order valence-corrected chi connectivity index (χ2v) is 8.30. The summed E-state index contributed by atoms with van der Waals surface area (Å²) < 4.78 is 0. The SMILES string of the molecule is CCC12CCC(=O)CC1CCCc1cc(C(=O)Nc3cccnc3C)ccc12. The lowest BCUT2D eigenvalue weighted by atomic mass is 9.60. The third-order valence-corrected chi connectivity index (χ3v) is 6.89. The average molecular weight is 377 g/mol. The zero-order chi connectivity index (χ0) is 19.7. The molecule has 1 saturated carbocycles. The molecule has 28 heavy (non-hydrogen) atoms. The quantitative estimate of drug-likeness (QED) is 0.820. The standard InChI is InChI=1S/C24H28N2O2/c1-3-24-12-11-20(27)15-19(24)7-4-6-17-14-18(9-10-21(17)24)23(28)26-22-8-5-13-25-16(22)2/h5,8-10,13-14,19H,3-4,6-7,11-12,15H2,1-2H3,(H,26,28). The Morgan fingerprint density at radius 3 is 2.93 bits per heavy atom. The smallest absolute Gasteiger partial charge is 0.255 e. The predicted molar refractivity (Wildman–Crippen MR) is 111 cm³/mol. The fourth-order valence-corrected chi connectivity index (χ4v) is 5.30. The summed E-state index contributed by atoms with van der Waals surface area (Å²) in [5.74, 6) is 0.766. The Kier molecular flexibility index (Phi) is 5.05. The van der Waals surface area contributed by atoms with Crippen molar-refractivity contribution in [2.75, 3.05) is 5.32 Å². The number of ketones is 1. The largest absolute Gasteiger partial charge is 0.320 e. The molecule has 4 rings (SSSR count). The van der Waals surface area contributed by atoms with Gasteiger partial charge in [0.1, 0.15) is 5.78 Å². The number of aromatic nitrogens is 1. The van der Waals surface area contributed by atoms with E-state index in [0.717, 1.165) is 49.9 Å². The first-order valence-electron chi connectivity index (χ1n) is 10.4. The third kappa shape index (κ3) is 3.25. The third-order valence-electron chi connectivity index (χ3n) is 6.89. The van der Waals surface area contributed by atoms with Crippen LogP contribution in [0.3, 0.4) is 0 Å². The van der Waals surface area contributed by atoms with Gasteiger partial charge in [-0.2, -0.15) is 0 Å².